The maximum atomic E-state index is 13.3. The van der Waals surface area contributed by atoms with E-state index in [2.05, 4.69) is 25.2 Å². The Morgan fingerprint density at radius 3 is 2.53 bits per heavy atom. The molecule has 0 aliphatic heterocycles. The van der Waals surface area contributed by atoms with E-state index >= 15 is 0 Å². The average molecular weight is 456 g/mol. The summed E-state index contributed by atoms with van der Waals surface area (Å²) in [5, 5.41) is 12.5. The first-order valence-corrected chi connectivity index (χ1v) is 10.5. The van der Waals surface area contributed by atoms with Crippen LogP contribution in [0.15, 0.2) is 29.6 Å². The van der Waals surface area contributed by atoms with Crippen LogP contribution in [0.5, 0.6) is 0 Å². The zero-order valence-electron chi connectivity index (χ0n) is 15.5. The summed E-state index contributed by atoms with van der Waals surface area (Å²) in [6.07, 6.45) is -1.73. The molecule has 2 heterocycles. The highest BCUT2D eigenvalue weighted by Gasteiger charge is 2.34. The molecule has 1 aliphatic carbocycles. The second-order valence-corrected chi connectivity index (χ2v) is 8.22. The van der Waals surface area contributed by atoms with E-state index in [1.165, 1.54) is 12.1 Å². The number of alkyl halides is 3. The molecule has 1 aliphatic rings. The molecule has 1 amide bonds. The van der Waals surface area contributed by atoms with E-state index in [0.29, 0.717) is 47.5 Å². The summed E-state index contributed by atoms with van der Waals surface area (Å²) in [6, 6.07) is 5.61. The quantitative estimate of drug-likeness (QED) is 0.584. The van der Waals surface area contributed by atoms with Gasteiger partial charge in [0.25, 0.3) is 5.91 Å². The molecule has 2 aromatic heterocycles. The number of amides is 1. The van der Waals surface area contributed by atoms with Gasteiger partial charge in [0.05, 0.1) is 5.52 Å². The number of carbonyl (C=O) groups excluding carboxylic acids is 1. The summed E-state index contributed by atoms with van der Waals surface area (Å²) in [7, 11) is 0. The molecule has 1 fully saturated rings. The number of halogens is 4. The maximum Gasteiger partial charge on any atom is 0.433 e. The smallest absolute Gasteiger partial charge is 0.382 e. The van der Waals surface area contributed by atoms with Crippen LogP contribution >= 0.6 is 23.1 Å². The van der Waals surface area contributed by atoms with Gasteiger partial charge in [-0.05, 0) is 61.5 Å². The van der Waals surface area contributed by atoms with Gasteiger partial charge in [-0.1, -0.05) is 16.1 Å². The van der Waals surface area contributed by atoms with Crippen LogP contribution in [0.2, 0.25) is 5.02 Å². The summed E-state index contributed by atoms with van der Waals surface area (Å²) < 4.78 is 43.5. The summed E-state index contributed by atoms with van der Waals surface area (Å²) >= 11 is 7.16. The normalized spacial score (nSPS) is 19.6. The fraction of sp³-hybridized carbons (Fsp3) is 0.368. The lowest BCUT2D eigenvalue weighted by Gasteiger charge is -2.30. The second kappa shape index (κ2) is 8.35. The highest BCUT2D eigenvalue weighted by molar-refractivity contribution is 7.03. The molecule has 2 N–H and O–H groups in total. The number of hydrogen-bond donors (Lipinski definition) is 2. The zero-order chi connectivity index (χ0) is 21.3. The molecule has 0 atom stereocenters. The molecular formula is C19H17ClF3N5OS. The third-order valence-corrected chi connectivity index (χ3v) is 5.82. The van der Waals surface area contributed by atoms with Crippen LogP contribution in [-0.2, 0) is 6.18 Å². The third-order valence-electron chi connectivity index (χ3n) is 5.08. The van der Waals surface area contributed by atoms with Crippen LogP contribution < -0.4 is 10.6 Å². The molecule has 0 radical (unpaired) electrons. The van der Waals surface area contributed by atoms with Gasteiger partial charge in [-0.2, -0.15) is 13.2 Å². The minimum Gasteiger partial charge on any atom is -0.382 e. The van der Waals surface area contributed by atoms with Crippen LogP contribution in [0.25, 0.3) is 10.9 Å². The Kier molecular flexibility index (Phi) is 5.79. The van der Waals surface area contributed by atoms with Crippen LogP contribution in [-0.4, -0.2) is 32.6 Å². The lowest BCUT2D eigenvalue weighted by Crippen LogP contribution is -2.40. The van der Waals surface area contributed by atoms with E-state index in [1.807, 2.05) is 0 Å². The molecule has 6 nitrogen and oxygen atoms in total. The Morgan fingerprint density at radius 1 is 1.13 bits per heavy atom. The van der Waals surface area contributed by atoms with Crippen molar-refractivity contribution in [1.82, 2.24) is 19.9 Å². The summed E-state index contributed by atoms with van der Waals surface area (Å²) in [5.41, 5.74) is -0.0666. The van der Waals surface area contributed by atoms with E-state index in [0.717, 1.165) is 17.6 Å². The van der Waals surface area contributed by atoms with E-state index in [9.17, 15) is 18.0 Å². The average Bonchev–Trinajstić information content (AvgIpc) is 3.24. The van der Waals surface area contributed by atoms with Crippen molar-refractivity contribution in [2.24, 2.45) is 0 Å². The highest BCUT2D eigenvalue weighted by atomic mass is 35.5. The van der Waals surface area contributed by atoms with Crippen molar-refractivity contribution in [2.45, 2.75) is 43.9 Å². The Hall–Kier alpha value is -2.46. The highest BCUT2D eigenvalue weighted by Crippen LogP contribution is 2.35. The van der Waals surface area contributed by atoms with Gasteiger partial charge in [0, 0.05) is 33.6 Å². The Bertz CT molecular complexity index is 1050. The number of rotatable bonds is 4. The number of carbonyl (C=O) groups is 1. The van der Waals surface area contributed by atoms with Crippen molar-refractivity contribution < 1.29 is 18.0 Å². The molecular weight excluding hydrogens is 439 g/mol. The minimum absolute atomic E-state index is 0.00776. The SMILES string of the molecule is O=C(NC1CCC(Nc2cc(C(F)(F)F)nc3ccc(Cl)cc23)CC1)c1csnn1. The molecule has 3 aromatic rings. The Labute approximate surface area is 179 Å². The molecule has 1 aromatic carbocycles. The van der Waals surface area contributed by atoms with Crippen molar-refractivity contribution in [1.29, 1.82) is 0 Å². The predicted molar refractivity (Wildman–Crippen MR) is 109 cm³/mol. The fourth-order valence-electron chi connectivity index (χ4n) is 3.59. The Morgan fingerprint density at radius 2 is 1.87 bits per heavy atom. The van der Waals surface area contributed by atoms with Gasteiger partial charge in [0.2, 0.25) is 0 Å². The standard InChI is InChI=1S/C19H17ClF3N5OS/c20-10-1-6-14-13(7-10)15(8-17(26-14)19(21,22)23)24-11-2-4-12(5-3-11)25-18(29)16-9-30-28-27-16/h1,6-9,11-12H,2-5H2,(H,24,26)(H,25,29). The zero-order valence-corrected chi connectivity index (χ0v) is 17.1. The first-order valence-electron chi connectivity index (χ1n) is 9.31. The van der Waals surface area contributed by atoms with E-state index < -0.39 is 11.9 Å². The molecule has 0 unspecified atom stereocenters. The number of hydrogen-bond acceptors (Lipinski definition) is 6. The fourth-order valence-corrected chi connectivity index (χ4v) is 4.20. The summed E-state index contributed by atoms with van der Waals surface area (Å²) in [5.74, 6) is -0.259. The number of nitrogens with one attached hydrogen (secondary N) is 2. The van der Waals surface area contributed by atoms with Crippen LogP contribution in [0, 0.1) is 0 Å². The van der Waals surface area contributed by atoms with Crippen LogP contribution in [0.1, 0.15) is 41.9 Å². The van der Waals surface area contributed by atoms with Crippen molar-refractivity contribution in [3.05, 3.63) is 46.1 Å². The number of anilines is 1. The number of fused-ring (bicyclic) bond motifs is 1. The second-order valence-electron chi connectivity index (χ2n) is 7.17. The molecule has 11 heteroatoms. The third kappa shape index (κ3) is 4.65. The maximum absolute atomic E-state index is 13.3. The molecule has 30 heavy (non-hydrogen) atoms. The van der Waals surface area contributed by atoms with Crippen LogP contribution in [0.3, 0.4) is 0 Å². The van der Waals surface area contributed by atoms with Gasteiger partial charge in [-0.25, -0.2) is 4.98 Å². The molecule has 0 bridgehead atoms. The van der Waals surface area contributed by atoms with E-state index in [-0.39, 0.29) is 23.5 Å². The van der Waals surface area contributed by atoms with Gasteiger partial charge in [-0.15, -0.1) is 5.10 Å². The Balaban J connectivity index is 1.47. The first kappa shape index (κ1) is 20.8. The molecule has 158 valence electrons. The monoisotopic (exact) mass is 455 g/mol. The van der Waals surface area contributed by atoms with Gasteiger partial charge in [0.1, 0.15) is 5.69 Å². The lowest BCUT2D eigenvalue weighted by molar-refractivity contribution is -0.140. The van der Waals surface area contributed by atoms with E-state index in [1.54, 1.807) is 11.4 Å². The number of pyridine rings is 1. The van der Waals surface area contributed by atoms with Crippen molar-refractivity contribution in [3.63, 3.8) is 0 Å². The van der Waals surface area contributed by atoms with Gasteiger partial charge in [0.15, 0.2) is 5.69 Å². The van der Waals surface area contributed by atoms with E-state index in [4.69, 9.17) is 11.6 Å². The number of aromatic nitrogens is 3. The topological polar surface area (TPSA) is 79.8 Å². The largest absolute Gasteiger partial charge is 0.433 e. The molecule has 0 saturated heterocycles. The lowest BCUT2D eigenvalue weighted by atomic mass is 9.90. The molecule has 0 spiro atoms. The van der Waals surface area contributed by atoms with Crippen LogP contribution in [0.4, 0.5) is 18.9 Å². The number of nitrogens with zero attached hydrogens (tertiary/aromatic N) is 3. The van der Waals surface area contributed by atoms with Gasteiger partial charge >= 0.3 is 6.18 Å². The first-order chi connectivity index (χ1) is 14.3. The van der Waals surface area contributed by atoms with Crippen molar-refractivity contribution >= 4 is 45.6 Å². The van der Waals surface area contributed by atoms with Gasteiger partial charge < -0.3 is 10.6 Å². The molecule has 1 saturated carbocycles. The predicted octanol–water partition coefficient (Wildman–Crippen LogP) is 4.91. The van der Waals surface area contributed by atoms with Crippen molar-refractivity contribution in [3.8, 4) is 0 Å². The number of benzene rings is 1. The minimum atomic E-state index is -4.54. The van der Waals surface area contributed by atoms with Crippen molar-refractivity contribution in [2.75, 3.05) is 5.32 Å². The summed E-state index contributed by atoms with van der Waals surface area (Å²) in [4.78, 5) is 15.8. The molecule has 4 rings (SSSR count). The summed E-state index contributed by atoms with van der Waals surface area (Å²) in [6.45, 7) is 0. The van der Waals surface area contributed by atoms with Gasteiger partial charge in [-0.3, -0.25) is 4.79 Å².